The molecule has 0 aliphatic carbocycles. The number of fused-ring (bicyclic) bond motifs is 1. The first-order valence-electron chi connectivity index (χ1n) is 11.3. The lowest BCUT2D eigenvalue weighted by Gasteiger charge is -2.24. The summed E-state index contributed by atoms with van der Waals surface area (Å²) >= 11 is 0. The highest BCUT2D eigenvalue weighted by Gasteiger charge is 2.22. The SMILES string of the molecule is CN(C)CCNC(=O)Cc1cccc(N(Cc2ccccc2)C(=O)c2ccc3c(c2)OCO3)c1. The number of carbonyl (C=O) groups is 2. The Labute approximate surface area is 199 Å². The van der Waals surface area contributed by atoms with Gasteiger partial charge in [0.05, 0.1) is 13.0 Å². The largest absolute Gasteiger partial charge is 0.454 e. The summed E-state index contributed by atoms with van der Waals surface area (Å²) in [4.78, 5) is 29.8. The molecule has 3 aromatic carbocycles. The molecular weight excluding hydrogens is 430 g/mol. The average Bonchev–Trinajstić information content (AvgIpc) is 3.31. The summed E-state index contributed by atoms with van der Waals surface area (Å²) in [5, 5.41) is 2.94. The zero-order chi connectivity index (χ0) is 23.9. The summed E-state index contributed by atoms with van der Waals surface area (Å²) < 4.78 is 10.8. The van der Waals surface area contributed by atoms with Gasteiger partial charge in [-0.3, -0.25) is 9.59 Å². The molecule has 4 rings (SSSR count). The van der Waals surface area contributed by atoms with Crippen molar-refractivity contribution in [3.05, 3.63) is 89.5 Å². The van der Waals surface area contributed by atoms with Crippen molar-refractivity contribution in [3.8, 4) is 11.5 Å². The number of benzene rings is 3. The second-order valence-electron chi connectivity index (χ2n) is 8.44. The lowest BCUT2D eigenvalue weighted by Crippen LogP contribution is -2.32. The van der Waals surface area contributed by atoms with Gasteiger partial charge in [-0.15, -0.1) is 0 Å². The highest BCUT2D eigenvalue weighted by Crippen LogP contribution is 2.33. The number of nitrogens with one attached hydrogen (secondary N) is 1. The van der Waals surface area contributed by atoms with Gasteiger partial charge in [-0.25, -0.2) is 0 Å². The van der Waals surface area contributed by atoms with Gasteiger partial charge in [0.25, 0.3) is 5.91 Å². The van der Waals surface area contributed by atoms with Gasteiger partial charge in [0.1, 0.15) is 0 Å². The minimum atomic E-state index is -0.158. The van der Waals surface area contributed by atoms with Gasteiger partial charge in [0, 0.05) is 24.3 Å². The summed E-state index contributed by atoms with van der Waals surface area (Å²) in [7, 11) is 3.93. The van der Waals surface area contributed by atoms with Crippen LogP contribution in [0.25, 0.3) is 0 Å². The Morgan fingerprint density at radius 3 is 2.44 bits per heavy atom. The van der Waals surface area contributed by atoms with Crippen molar-refractivity contribution in [1.29, 1.82) is 0 Å². The van der Waals surface area contributed by atoms with E-state index in [0.29, 0.717) is 30.2 Å². The van der Waals surface area contributed by atoms with Gasteiger partial charge in [-0.05, 0) is 55.6 Å². The topological polar surface area (TPSA) is 71.1 Å². The third kappa shape index (κ3) is 5.94. The fourth-order valence-electron chi connectivity index (χ4n) is 3.73. The van der Waals surface area contributed by atoms with Crippen LogP contribution >= 0.6 is 0 Å². The molecule has 0 bridgehead atoms. The second kappa shape index (κ2) is 10.9. The Balaban J connectivity index is 1.57. The van der Waals surface area contributed by atoms with Crippen LogP contribution in [0.4, 0.5) is 5.69 Å². The predicted molar refractivity (Wildman–Crippen MR) is 131 cm³/mol. The third-order valence-electron chi connectivity index (χ3n) is 5.52. The number of hydrogen-bond donors (Lipinski definition) is 1. The third-order valence-corrected chi connectivity index (χ3v) is 5.52. The molecule has 2 amide bonds. The standard InChI is InChI=1S/C27H29N3O4/c1-29(2)14-13-28-26(31)16-21-9-6-10-23(15-21)30(18-20-7-4-3-5-8-20)27(32)22-11-12-24-25(17-22)34-19-33-24/h3-12,15,17H,13-14,16,18-19H2,1-2H3,(H,28,31). The molecule has 1 aliphatic heterocycles. The number of carbonyl (C=O) groups excluding carboxylic acids is 2. The molecule has 3 aromatic rings. The summed E-state index contributed by atoms with van der Waals surface area (Å²) in [5.41, 5.74) is 3.08. The van der Waals surface area contributed by atoms with E-state index in [1.54, 1.807) is 23.1 Å². The van der Waals surface area contributed by atoms with Crippen LogP contribution in [0.2, 0.25) is 0 Å². The normalized spacial score (nSPS) is 12.0. The first-order chi connectivity index (χ1) is 16.5. The molecule has 1 N–H and O–H groups in total. The molecule has 1 heterocycles. The van der Waals surface area contributed by atoms with Crippen LogP contribution in [0.5, 0.6) is 11.5 Å². The summed E-state index contributed by atoms with van der Waals surface area (Å²) in [6.07, 6.45) is 0.249. The Kier molecular flexibility index (Phi) is 7.44. The van der Waals surface area contributed by atoms with Gasteiger partial charge in [0.15, 0.2) is 11.5 Å². The monoisotopic (exact) mass is 459 g/mol. The maximum absolute atomic E-state index is 13.6. The lowest BCUT2D eigenvalue weighted by atomic mass is 10.1. The van der Waals surface area contributed by atoms with Crippen LogP contribution in [-0.2, 0) is 17.8 Å². The number of likely N-dealkylation sites (N-methyl/N-ethyl adjacent to an activating group) is 1. The highest BCUT2D eigenvalue weighted by molar-refractivity contribution is 6.06. The summed E-state index contributed by atoms with van der Waals surface area (Å²) in [6.45, 7) is 1.92. The molecule has 1 aliphatic rings. The van der Waals surface area contributed by atoms with Gasteiger partial charge in [-0.2, -0.15) is 0 Å². The average molecular weight is 460 g/mol. The molecular formula is C27H29N3O4. The van der Waals surface area contributed by atoms with E-state index >= 15 is 0 Å². The number of anilines is 1. The van der Waals surface area contributed by atoms with Crippen LogP contribution in [0.1, 0.15) is 21.5 Å². The number of hydrogen-bond acceptors (Lipinski definition) is 5. The molecule has 0 fully saturated rings. The Hall–Kier alpha value is -3.84. The van der Waals surface area contributed by atoms with E-state index in [4.69, 9.17) is 9.47 Å². The lowest BCUT2D eigenvalue weighted by molar-refractivity contribution is -0.120. The van der Waals surface area contributed by atoms with Crippen molar-refractivity contribution >= 4 is 17.5 Å². The zero-order valence-corrected chi connectivity index (χ0v) is 19.5. The summed E-state index contributed by atoms with van der Waals surface area (Å²) in [5.74, 6) is 0.993. The Morgan fingerprint density at radius 2 is 1.65 bits per heavy atom. The minimum absolute atomic E-state index is 0.0456. The van der Waals surface area contributed by atoms with Crippen LogP contribution < -0.4 is 19.7 Å². The molecule has 7 nitrogen and oxygen atoms in total. The molecule has 0 unspecified atom stereocenters. The number of ether oxygens (including phenoxy) is 2. The minimum Gasteiger partial charge on any atom is -0.454 e. The molecule has 0 saturated carbocycles. The van der Waals surface area contributed by atoms with E-state index < -0.39 is 0 Å². The van der Waals surface area contributed by atoms with E-state index in [2.05, 4.69) is 5.32 Å². The first-order valence-corrected chi connectivity index (χ1v) is 11.3. The number of rotatable bonds is 9. The van der Waals surface area contributed by atoms with Crippen molar-refractivity contribution in [3.63, 3.8) is 0 Å². The molecule has 7 heteroatoms. The van der Waals surface area contributed by atoms with Crippen molar-refractivity contribution in [2.45, 2.75) is 13.0 Å². The van der Waals surface area contributed by atoms with E-state index in [9.17, 15) is 9.59 Å². The quantitative estimate of drug-likeness (QED) is 0.531. The van der Waals surface area contributed by atoms with E-state index in [1.165, 1.54) is 0 Å². The van der Waals surface area contributed by atoms with Crippen LogP contribution in [0, 0.1) is 0 Å². The molecule has 0 aromatic heterocycles. The van der Waals surface area contributed by atoms with Crippen molar-refractivity contribution < 1.29 is 19.1 Å². The van der Waals surface area contributed by atoms with E-state index in [1.807, 2.05) is 73.6 Å². The van der Waals surface area contributed by atoms with Gasteiger partial charge in [0.2, 0.25) is 12.7 Å². The maximum atomic E-state index is 13.6. The number of amides is 2. The number of nitrogens with zero attached hydrogens (tertiary/aromatic N) is 2. The fraction of sp³-hybridized carbons (Fsp3) is 0.259. The molecule has 34 heavy (non-hydrogen) atoms. The molecule has 176 valence electrons. The van der Waals surface area contributed by atoms with Gasteiger partial charge < -0.3 is 24.6 Å². The van der Waals surface area contributed by atoms with Crippen LogP contribution in [-0.4, -0.2) is 50.7 Å². The zero-order valence-electron chi connectivity index (χ0n) is 19.5. The molecule has 0 radical (unpaired) electrons. The van der Waals surface area contributed by atoms with Crippen molar-refractivity contribution in [1.82, 2.24) is 10.2 Å². The van der Waals surface area contributed by atoms with Crippen LogP contribution in [0.3, 0.4) is 0 Å². The van der Waals surface area contributed by atoms with Gasteiger partial charge >= 0.3 is 0 Å². The summed E-state index contributed by atoms with van der Waals surface area (Å²) in [6, 6.07) is 22.6. The Morgan fingerprint density at radius 1 is 0.882 bits per heavy atom. The van der Waals surface area contributed by atoms with Crippen molar-refractivity contribution in [2.24, 2.45) is 0 Å². The second-order valence-corrected chi connectivity index (χ2v) is 8.44. The van der Waals surface area contributed by atoms with E-state index in [-0.39, 0.29) is 25.0 Å². The van der Waals surface area contributed by atoms with Crippen LogP contribution in [0.15, 0.2) is 72.8 Å². The fourth-order valence-corrected chi connectivity index (χ4v) is 3.73. The highest BCUT2D eigenvalue weighted by atomic mass is 16.7. The Bertz CT molecular complexity index is 1150. The molecule has 0 spiro atoms. The van der Waals surface area contributed by atoms with Gasteiger partial charge in [-0.1, -0.05) is 42.5 Å². The maximum Gasteiger partial charge on any atom is 0.258 e. The van der Waals surface area contributed by atoms with Crippen molar-refractivity contribution in [2.75, 3.05) is 38.9 Å². The predicted octanol–water partition coefficient (Wildman–Crippen LogP) is 3.48. The molecule has 0 atom stereocenters. The smallest absolute Gasteiger partial charge is 0.258 e. The molecule has 0 saturated heterocycles. The van der Waals surface area contributed by atoms with E-state index in [0.717, 1.165) is 23.4 Å². The first kappa shape index (κ1) is 23.3.